The van der Waals surface area contributed by atoms with E-state index in [0.717, 1.165) is 17.8 Å². The Hall–Kier alpha value is -2.54. The topological polar surface area (TPSA) is 101 Å². The van der Waals surface area contributed by atoms with Crippen molar-refractivity contribution in [1.29, 1.82) is 0 Å². The maximum atomic E-state index is 12.0. The number of para-hydroxylation sites is 1. The fourth-order valence-corrected chi connectivity index (χ4v) is 2.61. The molecule has 2 aromatic rings. The Morgan fingerprint density at radius 2 is 1.90 bits per heavy atom. The van der Waals surface area contributed by atoms with Gasteiger partial charge in [-0.15, -0.1) is 11.8 Å². The molecule has 0 spiro atoms. The highest BCUT2D eigenvalue weighted by atomic mass is 32.2. The van der Waals surface area contributed by atoms with Gasteiger partial charge in [-0.1, -0.05) is 12.1 Å². The summed E-state index contributed by atoms with van der Waals surface area (Å²) >= 11 is 1.03. The van der Waals surface area contributed by atoms with E-state index in [4.69, 9.17) is 0 Å². The second-order valence-corrected chi connectivity index (χ2v) is 5.16. The Morgan fingerprint density at radius 1 is 1.19 bits per heavy atom. The van der Waals surface area contributed by atoms with Crippen molar-refractivity contribution < 1.29 is 19.9 Å². The smallest absolute Gasteiger partial charge is 0.282 e. The lowest BCUT2D eigenvalue weighted by molar-refractivity contribution is -0.387. The molecule has 2 rings (SSSR count). The predicted octanol–water partition coefficient (Wildman–Crippen LogP) is 2.98. The molecule has 0 atom stereocenters. The van der Waals surface area contributed by atoms with E-state index in [1.54, 1.807) is 18.2 Å². The number of phenolic OH excluding ortho intramolecular Hbond substituents is 2. The van der Waals surface area contributed by atoms with Crippen molar-refractivity contribution in [3.05, 3.63) is 58.1 Å². The van der Waals surface area contributed by atoms with Crippen LogP contribution in [0.25, 0.3) is 0 Å². The van der Waals surface area contributed by atoms with Gasteiger partial charge in [-0.05, 0) is 18.2 Å². The monoisotopic (exact) mass is 305 g/mol. The zero-order valence-corrected chi connectivity index (χ0v) is 11.5. The molecule has 2 aromatic carbocycles. The van der Waals surface area contributed by atoms with Crippen LogP contribution in [0.15, 0.2) is 47.4 Å². The fourth-order valence-electron chi connectivity index (χ4n) is 1.71. The maximum absolute atomic E-state index is 12.0. The molecular weight excluding hydrogens is 294 g/mol. The van der Waals surface area contributed by atoms with Crippen LogP contribution in [0, 0.1) is 10.1 Å². The lowest BCUT2D eigenvalue weighted by atomic mass is 10.1. The zero-order chi connectivity index (χ0) is 15.4. The SMILES string of the molecule is O=C(CSc1ccccc1[N+](=O)[O-])c1ccc(O)cc1O. The molecule has 0 aliphatic rings. The summed E-state index contributed by atoms with van der Waals surface area (Å²) in [6, 6.07) is 9.81. The van der Waals surface area contributed by atoms with E-state index in [2.05, 4.69) is 0 Å². The van der Waals surface area contributed by atoms with Gasteiger partial charge in [0.15, 0.2) is 5.78 Å². The van der Waals surface area contributed by atoms with Crippen LogP contribution < -0.4 is 0 Å². The summed E-state index contributed by atoms with van der Waals surface area (Å²) in [5.41, 5.74) is 0.00381. The minimum atomic E-state index is -0.509. The van der Waals surface area contributed by atoms with Crippen molar-refractivity contribution in [1.82, 2.24) is 0 Å². The molecule has 0 saturated heterocycles. The van der Waals surface area contributed by atoms with E-state index in [1.807, 2.05) is 0 Å². The molecular formula is C14H11NO5S. The minimum Gasteiger partial charge on any atom is -0.508 e. The lowest BCUT2D eigenvalue weighted by Crippen LogP contribution is -2.03. The first-order valence-corrected chi connectivity index (χ1v) is 6.89. The quantitative estimate of drug-likeness (QED) is 0.381. The minimum absolute atomic E-state index is 0.0524. The lowest BCUT2D eigenvalue weighted by Gasteiger charge is -2.05. The Bertz CT molecular complexity index is 702. The Balaban J connectivity index is 2.13. The van der Waals surface area contributed by atoms with Gasteiger partial charge < -0.3 is 10.2 Å². The third-order valence-electron chi connectivity index (χ3n) is 2.70. The molecule has 0 unspecified atom stereocenters. The number of Topliss-reactive ketones (excluding diaryl/α,β-unsaturated/α-hetero) is 1. The number of aromatic hydroxyl groups is 2. The summed E-state index contributed by atoms with van der Waals surface area (Å²) in [6.07, 6.45) is 0. The summed E-state index contributed by atoms with van der Waals surface area (Å²) in [5.74, 6) is -0.891. The molecule has 0 saturated carbocycles. The van der Waals surface area contributed by atoms with Crippen LogP contribution in [0.1, 0.15) is 10.4 Å². The van der Waals surface area contributed by atoms with Crippen molar-refractivity contribution in [3.8, 4) is 11.5 Å². The van der Waals surface area contributed by atoms with E-state index >= 15 is 0 Å². The maximum Gasteiger partial charge on any atom is 0.282 e. The van der Waals surface area contributed by atoms with Crippen LogP contribution >= 0.6 is 11.8 Å². The summed E-state index contributed by atoms with van der Waals surface area (Å²) in [7, 11) is 0. The summed E-state index contributed by atoms with van der Waals surface area (Å²) < 4.78 is 0. The Morgan fingerprint density at radius 3 is 2.57 bits per heavy atom. The van der Waals surface area contributed by atoms with E-state index in [-0.39, 0.29) is 34.3 Å². The number of ketones is 1. The molecule has 21 heavy (non-hydrogen) atoms. The van der Waals surface area contributed by atoms with Crippen molar-refractivity contribution in [3.63, 3.8) is 0 Å². The number of thioether (sulfide) groups is 1. The molecule has 6 nitrogen and oxygen atoms in total. The number of nitrogens with zero attached hydrogens (tertiary/aromatic N) is 1. The molecule has 0 fully saturated rings. The van der Waals surface area contributed by atoms with Gasteiger partial charge in [-0.3, -0.25) is 14.9 Å². The number of carbonyl (C=O) groups is 1. The average Bonchev–Trinajstić information content (AvgIpc) is 2.45. The largest absolute Gasteiger partial charge is 0.508 e. The highest BCUT2D eigenvalue weighted by Crippen LogP contribution is 2.30. The van der Waals surface area contributed by atoms with Gasteiger partial charge in [0, 0.05) is 12.1 Å². The van der Waals surface area contributed by atoms with E-state index in [0.29, 0.717) is 4.90 Å². The summed E-state index contributed by atoms with van der Waals surface area (Å²) in [6.45, 7) is 0. The number of hydrogen-bond acceptors (Lipinski definition) is 6. The number of hydrogen-bond donors (Lipinski definition) is 2. The summed E-state index contributed by atoms with van der Waals surface area (Å²) in [4.78, 5) is 22.7. The van der Waals surface area contributed by atoms with Crippen LogP contribution in [0.5, 0.6) is 11.5 Å². The van der Waals surface area contributed by atoms with Crippen molar-refractivity contribution in [2.75, 3.05) is 5.75 Å². The average molecular weight is 305 g/mol. The summed E-state index contributed by atoms with van der Waals surface area (Å²) in [5, 5.41) is 29.6. The number of benzene rings is 2. The van der Waals surface area contributed by atoms with Crippen LogP contribution in [0.2, 0.25) is 0 Å². The van der Waals surface area contributed by atoms with Crippen molar-refractivity contribution in [2.24, 2.45) is 0 Å². The zero-order valence-electron chi connectivity index (χ0n) is 10.7. The number of phenols is 2. The van der Waals surface area contributed by atoms with Gasteiger partial charge in [-0.2, -0.15) is 0 Å². The normalized spacial score (nSPS) is 10.3. The van der Waals surface area contributed by atoms with Gasteiger partial charge >= 0.3 is 0 Å². The second-order valence-electron chi connectivity index (χ2n) is 4.14. The third-order valence-corrected chi connectivity index (χ3v) is 3.77. The number of nitro benzene ring substituents is 1. The molecule has 0 aromatic heterocycles. The number of nitro groups is 1. The Kier molecular flexibility index (Phi) is 4.44. The number of rotatable bonds is 5. The molecule has 0 aliphatic carbocycles. The van der Waals surface area contributed by atoms with Gasteiger partial charge in [0.05, 0.1) is 21.1 Å². The molecule has 0 aliphatic heterocycles. The van der Waals surface area contributed by atoms with Crippen LogP contribution in [0.4, 0.5) is 5.69 Å². The van der Waals surface area contributed by atoms with Crippen LogP contribution in [-0.2, 0) is 0 Å². The molecule has 2 N–H and O–H groups in total. The fraction of sp³-hybridized carbons (Fsp3) is 0.0714. The molecule has 108 valence electrons. The molecule has 0 amide bonds. The van der Waals surface area contributed by atoms with Crippen molar-refractivity contribution in [2.45, 2.75) is 4.90 Å². The van der Waals surface area contributed by atoms with Gasteiger partial charge in [0.2, 0.25) is 0 Å². The van der Waals surface area contributed by atoms with Gasteiger partial charge in [0.1, 0.15) is 11.5 Å². The van der Waals surface area contributed by atoms with E-state index in [1.165, 1.54) is 18.2 Å². The van der Waals surface area contributed by atoms with Crippen molar-refractivity contribution >= 4 is 23.2 Å². The molecule has 7 heteroatoms. The Labute approximate surface area is 124 Å². The second kappa shape index (κ2) is 6.27. The number of carbonyl (C=O) groups excluding carboxylic acids is 1. The first-order chi connectivity index (χ1) is 9.99. The molecule has 0 heterocycles. The van der Waals surface area contributed by atoms with Crippen LogP contribution in [-0.4, -0.2) is 26.7 Å². The highest BCUT2D eigenvalue weighted by molar-refractivity contribution is 8.00. The van der Waals surface area contributed by atoms with Crippen LogP contribution in [0.3, 0.4) is 0 Å². The first-order valence-electron chi connectivity index (χ1n) is 5.90. The van der Waals surface area contributed by atoms with E-state index in [9.17, 15) is 25.1 Å². The van der Waals surface area contributed by atoms with E-state index < -0.39 is 4.92 Å². The molecule has 0 radical (unpaired) electrons. The standard InChI is InChI=1S/C14H11NO5S/c16-9-5-6-10(12(17)7-9)13(18)8-21-14-4-2-1-3-11(14)15(19)20/h1-7,16-17H,8H2. The third kappa shape index (κ3) is 3.51. The highest BCUT2D eigenvalue weighted by Gasteiger charge is 2.16. The van der Waals surface area contributed by atoms with Gasteiger partial charge in [-0.25, -0.2) is 0 Å². The molecule has 0 bridgehead atoms. The predicted molar refractivity (Wildman–Crippen MR) is 77.9 cm³/mol. The van der Waals surface area contributed by atoms with Gasteiger partial charge in [0.25, 0.3) is 5.69 Å². The first kappa shape index (κ1) is 14.9.